The smallest absolute Gasteiger partial charge is 0.340 e. The van der Waals surface area contributed by atoms with Crippen LogP contribution in [-0.4, -0.2) is 108 Å². The van der Waals surface area contributed by atoms with Crippen LogP contribution >= 0.6 is 0 Å². The van der Waals surface area contributed by atoms with Crippen LogP contribution in [0.3, 0.4) is 0 Å². The second-order valence-electron chi connectivity index (χ2n) is 15.5. The van der Waals surface area contributed by atoms with Gasteiger partial charge in [-0.3, -0.25) is 14.7 Å². The second kappa shape index (κ2) is 12.2. The van der Waals surface area contributed by atoms with E-state index >= 15 is 0 Å². The van der Waals surface area contributed by atoms with Gasteiger partial charge in [0.1, 0.15) is 16.8 Å². The number of likely N-dealkylation sites (tertiary alicyclic amines) is 1. The Balaban J connectivity index is 1.18. The zero-order valence-electron chi connectivity index (χ0n) is 29.3. The number of esters is 1. The molecule has 1 aromatic heterocycles. The Bertz CT molecular complexity index is 1670. The number of anilines is 1. The van der Waals surface area contributed by atoms with Gasteiger partial charge in [0, 0.05) is 82.0 Å². The van der Waals surface area contributed by atoms with E-state index in [4.69, 9.17) is 18.9 Å². The number of pyridine rings is 1. The summed E-state index contributed by atoms with van der Waals surface area (Å²) in [5.74, 6) is -1.69. The Hall–Kier alpha value is -3.19. The molecule has 6 fully saturated rings. The lowest BCUT2D eigenvalue weighted by atomic mass is 9.43. The fourth-order valence-electron chi connectivity index (χ4n) is 12.4. The Morgan fingerprint density at radius 2 is 1.80 bits per heavy atom. The Kier molecular flexibility index (Phi) is 8.28. The lowest BCUT2D eigenvalue weighted by Crippen LogP contribution is -2.82. The fraction of sp³-hybridized carbons (Fsp3) is 0.615. The number of likely N-dealkylation sites (N-methyl/N-ethyl adjacent to an activating group) is 1. The molecule has 5 saturated carbocycles. The van der Waals surface area contributed by atoms with Crippen LogP contribution in [0.2, 0.25) is 0 Å². The van der Waals surface area contributed by atoms with Crippen molar-refractivity contribution in [2.45, 2.75) is 86.6 Å². The van der Waals surface area contributed by atoms with E-state index in [9.17, 15) is 19.8 Å². The molecule has 8 rings (SSSR count). The van der Waals surface area contributed by atoms with Crippen molar-refractivity contribution in [3.05, 3.63) is 66.0 Å². The van der Waals surface area contributed by atoms with Gasteiger partial charge in [0.05, 0.1) is 29.6 Å². The minimum atomic E-state index is -1.52. The summed E-state index contributed by atoms with van der Waals surface area (Å²) >= 11 is 0. The molecule has 6 aliphatic rings. The van der Waals surface area contributed by atoms with Gasteiger partial charge >= 0.3 is 5.97 Å². The highest BCUT2D eigenvalue weighted by Gasteiger charge is 2.88. The number of nitrogens with one attached hydrogen (secondary N) is 1. The molecular weight excluding hydrogens is 638 g/mol. The van der Waals surface area contributed by atoms with Gasteiger partial charge in [-0.15, -0.1) is 0 Å². The number of fused-ring (bicyclic) bond motifs is 2. The molecule has 268 valence electrons. The van der Waals surface area contributed by atoms with Crippen molar-refractivity contribution in [2.75, 3.05) is 39.7 Å². The van der Waals surface area contributed by atoms with Gasteiger partial charge in [0.2, 0.25) is 5.91 Å². The van der Waals surface area contributed by atoms with Crippen molar-refractivity contribution >= 4 is 23.6 Å². The first-order valence-corrected chi connectivity index (χ1v) is 18.1. The summed E-state index contributed by atoms with van der Waals surface area (Å²) in [6.07, 6.45) is 8.99. The summed E-state index contributed by atoms with van der Waals surface area (Å²) < 4.78 is 25.3. The van der Waals surface area contributed by atoms with Crippen LogP contribution in [0, 0.1) is 29.1 Å². The minimum absolute atomic E-state index is 0.00187. The molecule has 1 unspecified atom stereocenters. The molecule has 1 aliphatic heterocycles. The van der Waals surface area contributed by atoms with E-state index in [1.165, 1.54) is 6.08 Å². The van der Waals surface area contributed by atoms with E-state index in [1.807, 2.05) is 0 Å². The molecular formula is C39H49N3O8. The maximum absolute atomic E-state index is 14.4. The molecule has 12 atom stereocenters. The average Bonchev–Trinajstić information content (AvgIpc) is 3.52. The molecule has 1 aromatic carbocycles. The van der Waals surface area contributed by atoms with E-state index in [0.29, 0.717) is 57.3 Å². The molecule has 1 saturated heterocycles. The van der Waals surface area contributed by atoms with E-state index in [1.54, 1.807) is 76.2 Å². The van der Waals surface area contributed by atoms with Crippen molar-refractivity contribution in [3.8, 4) is 0 Å². The van der Waals surface area contributed by atoms with Crippen molar-refractivity contribution in [1.82, 2.24) is 9.88 Å². The normalized spacial score (nSPS) is 42.7. The standard InChI is InChI=1S/C39H49N3O8/c1-5-42-22-36(50-35(44)26-8-6-7-9-28(26)41-32(43)11-10-23-13-16-40-17-14-23)15-12-31(48-3)38-29(36)20-27(33(38)42)37(45)21-25(47-2)18-24-19-30(38)39(37,46)34(24)49-4/h6-11,13-14,16-17,24-25,27,29-31,33-34,45-46H,5,12,15,18-22H2,1-4H3,(H,41,43)/b11-10+/t24-,25+,27+,29+,30-,31-,33?,34-,36+,37-,38-,39-/m0/s1. The highest BCUT2D eigenvalue weighted by Crippen LogP contribution is 2.78. The van der Waals surface area contributed by atoms with E-state index in [0.717, 1.165) is 5.56 Å². The number of carbonyl (C=O) groups excluding carboxylic acids is 2. The van der Waals surface area contributed by atoms with E-state index < -0.39 is 34.3 Å². The third-order valence-corrected chi connectivity index (χ3v) is 13.9. The van der Waals surface area contributed by atoms with Gasteiger partial charge < -0.3 is 34.5 Å². The highest BCUT2D eigenvalue weighted by atomic mass is 16.6. The lowest BCUT2D eigenvalue weighted by molar-refractivity contribution is -0.328. The van der Waals surface area contributed by atoms with Crippen molar-refractivity contribution in [3.63, 3.8) is 0 Å². The van der Waals surface area contributed by atoms with Crippen LogP contribution in [0.5, 0.6) is 0 Å². The number of hydrogen-bond donors (Lipinski definition) is 3. The van der Waals surface area contributed by atoms with Crippen LogP contribution in [0.1, 0.15) is 61.4 Å². The zero-order valence-corrected chi connectivity index (χ0v) is 29.3. The number of carbonyl (C=O) groups is 2. The second-order valence-corrected chi connectivity index (χ2v) is 15.5. The molecule has 2 heterocycles. The summed E-state index contributed by atoms with van der Waals surface area (Å²) in [4.78, 5) is 33.8. The van der Waals surface area contributed by atoms with Gasteiger partial charge in [-0.25, -0.2) is 4.79 Å². The van der Waals surface area contributed by atoms with E-state index in [2.05, 4.69) is 22.1 Å². The number of piperidine rings is 1. The number of ether oxygens (including phenoxy) is 4. The molecule has 11 heteroatoms. The number of methoxy groups -OCH3 is 3. The van der Waals surface area contributed by atoms with Crippen LogP contribution in [-0.2, 0) is 23.7 Å². The number of aromatic nitrogens is 1. The molecule has 1 spiro atoms. The number of aliphatic hydroxyl groups is 2. The monoisotopic (exact) mass is 687 g/mol. The molecule has 7 bridgehead atoms. The number of rotatable bonds is 9. The maximum atomic E-state index is 14.4. The van der Waals surface area contributed by atoms with Gasteiger partial charge in [-0.1, -0.05) is 19.1 Å². The Morgan fingerprint density at radius 1 is 1.02 bits per heavy atom. The van der Waals surface area contributed by atoms with Crippen molar-refractivity contribution in [1.29, 1.82) is 0 Å². The summed E-state index contributed by atoms with van der Waals surface area (Å²) in [7, 11) is 5.09. The lowest BCUT2D eigenvalue weighted by Gasteiger charge is -2.70. The minimum Gasteiger partial charge on any atom is -0.454 e. The molecule has 2 aromatic rings. The molecule has 11 nitrogen and oxygen atoms in total. The first-order valence-electron chi connectivity index (χ1n) is 18.1. The predicted octanol–water partition coefficient (Wildman–Crippen LogP) is 3.70. The molecule has 1 amide bonds. The third kappa shape index (κ3) is 4.46. The topological polar surface area (TPSA) is 140 Å². The van der Waals surface area contributed by atoms with Crippen LogP contribution in [0.25, 0.3) is 6.08 Å². The molecule has 50 heavy (non-hydrogen) atoms. The molecule has 0 radical (unpaired) electrons. The van der Waals surface area contributed by atoms with Crippen LogP contribution in [0.15, 0.2) is 54.9 Å². The number of hydrogen-bond acceptors (Lipinski definition) is 10. The van der Waals surface area contributed by atoms with Crippen LogP contribution < -0.4 is 5.32 Å². The molecule has 5 aliphatic carbocycles. The first-order chi connectivity index (χ1) is 24.1. The number of benzene rings is 1. The van der Waals surface area contributed by atoms with E-state index in [-0.39, 0.29) is 53.4 Å². The molecule has 3 N–H and O–H groups in total. The SMILES string of the molecule is CCN1C[C@]2(OC(=O)c3ccccc3NC(=O)/C=C/c3ccncc3)CC[C@H](OC)[C@]34C1[C@@H](C[C@H]23)[C@@]1(O)C[C@H](OC)C[C@H]2C[C@@H]4[C@]1(O)[C@H]2OC. The summed E-state index contributed by atoms with van der Waals surface area (Å²) in [5, 5.41) is 29.1. The number of amides is 1. The Labute approximate surface area is 293 Å². The van der Waals surface area contributed by atoms with Crippen LogP contribution in [0.4, 0.5) is 5.69 Å². The average molecular weight is 688 g/mol. The van der Waals surface area contributed by atoms with Crippen molar-refractivity contribution < 1.29 is 38.7 Å². The maximum Gasteiger partial charge on any atom is 0.340 e. The van der Waals surface area contributed by atoms with Gasteiger partial charge in [-0.05, 0) is 80.5 Å². The predicted molar refractivity (Wildman–Crippen MR) is 184 cm³/mol. The largest absolute Gasteiger partial charge is 0.454 e. The fourth-order valence-corrected chi connectivity index (χ4v) is 12.4. The number of nitrogens with zero attached hydrogens (tertiary/aromatic N) is 2. The van der Waals surface area contributed by atoms with Gasteiger partial charge in [0.25, 0.3) is 0 Å². The Morgan fingerprint density at radius 3 is 2.52 bits per heavy atom. The summed E-state index contributed by atoms with van der Waals surface area (Å²) in [5.41, 5.74) is -2.99. The van der Waals surface area contributed by atoms with Gasteiger partial charge in [0.15, 0.2) is 0 Å². The quantitative estimate of drug-likeness (QED) is 0.264. The highest BCUT2D eigenvalue weighted by molar-refractivity contribution is 6.06. The first kappa shape index (κ1) is 33.9. The van der Waals surface area contributed by atoms with Gasteiger partial charge in [-0.2, -0.15) is 0 Å². The third-order valence-electron chi connectivity index (χ3n) is 13.9. The van der Waals surface area contributed by atoms with Crippen molar-refractivity contribution in [2.24, 2.45) is 29.1 Å². The number of para-hydroxylation sites is 1. The summed E-state index contributed by atoms with van der Waals surface area (Å²) in [6, 6.07) is 10.5. The summed E-state index contributed by atoms with van der Waals surface area (Å²) in [6.45, 7) is 3.33. The zero-order chi connectivity index (χ0) is 35.1.